The van der Waals surface area contributed by atoms with Crippen molar-refractivity contribution in [2.24, 2.45) is 0 Å². The Morgan fingerprint density at radius 3 is 2.91 bits per heavy atom. The van der Waals surface area contributed by atoms with Crippen molar-refractivity contribution in [3.63, 3.8) is 0 Å². The molecule has 6 nitrogen and oxygen atoms in total. The number of pyridine rings is 1. The lowest BCUT2D eigenvalue weighted by atomic mass is 10.1. The third-order valence-corrected chi connectivity index (χ3v) is 4.01. The molecule has 0 bridgehead atoms. The van der Waals surface area contributed by atoms with Gasteiger partial charge in [-0.1, -0.05) is 6.42 Å². The normalized spacial score (nSPS) is 16.0. The van der Waals surface area contributed by atoms with E-state index in [0.29, 0.717) is 18.0 Å². The van der Waals surface area contributed by atoms with Gasteiger partial charge in [-0.05, 0) is 44.5 Å². The van der Waals surface area contributed by atoms with Gasteiger partial charge < -0.3 is 19.7 Å². The Balaban J connectivity index is 1.51. The predicted octanol–water partition coefficient (Wildman–Crippen LogP) is 2.52. The van der Waals surface area contributed by atoms with Gasteiger partial charge in [0.25, 0.3) is 0 Å². The average Bonchev–Trinajstić information content (AvgIpc) is 2.96. The molecule has 22 heavy (non-hydrogen) atoms. The molecule has 0 spiro atoms. The molecule has 118 valence electrons. The fraction of sp³-hybridized carbons (Fsp3) is 0.500. The maximum absolute atomic E-state index is 10.9. The van der Waals surface area contributed by atoms with Gasteiger partial charge >= 0.3 is 5.97 Å². The fourth-order valence-corrected chi connectivity index (χ4v) is 2.85. The van der Waals surface area contributed by atoms with E-state index in [4.69, 9.17) is 9.84 Å². The van der Waals surface area contributed by atoms with E-state index < -0.39 is 5.97 Å². The number of aromatic carboxylic acids is 1. The van der Waals surface area contributed by atoms with Crippen LogP contribution in [0, 0.1) is 0 Å². The number of carbonyl (C=O) groups is 1. The number of nitrogens with one attached hydrogen (secondary N) is 1. The molecule has 2 aromatic heterocycles. The first-order valence-corrected chi connectivity index (χ1v) is 7.79. The van der Waals surface area contributed by atoms with Crippen molar-refractivity contribution in [1.82, 2.24) is 14.9 Å². The number of hydrogen-bond donors (Lipinski definition) is 2. The molecule has 3 rings (SSSR count). The number of fused-ring (bicyclic) bond motifs is 1. The van der Waals surface area contributed by atoms with Crippen molar-refractivity contribution in [2.75, 3.05) is 26.2 Å². The number of likely N-dealkylation sites (tertiary alicyclic amines) is 1. The first-order chi connectivity index (χ1) is 10.7. The number of hydrogen-bond acceptors (Lipinski definition) is 4. The molecule has 0 atom stereocenters. The van der Waals surface area contributed by atoms with Crippen LogP contribution in [0.4, 0.5) is 0 Å². The van der Waals surface area contributed by atoms with Crippen molar-refractivity contribution in [2.45, 2.75) is 25.7 Å². The van der Waals surface area contributed by atoms with Gasteiger partial charge in [-0.25, -0.2) is 9.78 Å². The van der Waals surface area contributed by atoms with Gasteiger partial charge in [-0.15, -0.1) is 0 Å². The Morgan fingerprint density at radius 2 is 2.14 bits per heavy atom. The maximum atomic E-state index is 10.9. The van der Waals surface area contributed by atoms with Crippen molar-refractivity contribution in [3.8, 4) is 5.75 Å². The highest BCUT2D eigenvalue weighted by Crippen LogP contribution is 2.19. The van der Waals surface area contributed by atoms with Gasteiger partial charge in [0.15, 0.2) is 0 Å². The molecule has 0 amide bonds. The molecule has 0 aromatic carbocycles. The van der Waals surface area contributed by atoms with E-state index in [1.54, 1.807) is 12.3 Å². The molecule has 0 aliphatic carbocycles. The largest absolute Gasteiger partial charge is 0.492 e. The molecule has 3 heterocycles. The number of carboxylic acids is 1. The van der Waals surface area contributed by atoms with Gasteiger partial charge in [-0.3, -0.25) is 0 Å². The Labute approximate surface area is 129 Å². The third kappa shape index (κ3) is 3.57. The molecule has 1 saturated heterocycles. The molecule has 1 aliphatic rings. The molecule has 1 fully saturated rings. The van der Waals surface area contributed by atoms with Crippen molar-refractivity contribution >= 4 is 17.0 Å². The second-order valence-electron chi connectivity index (χ2n) is 5.70. The van der Waals surface area contributed by atoms with Gasteiger partial charge in [0.1, 0.15) is 17.1 Å². The summed E-state index contributed by atoms with van der Waals surface area (Å²) < 4.78 is 5.72. The SMILES string of the molecule is O=C(O)c1cc2cc(OCCCN3CCCCC3)cnc2[nH]1. The topological polar surface area (TPSA) is 78.5 Å². The molecule has 2 N–H and O–H groups in total. The Bertz CT molecular complexity index is 647. The number of carboxylic acid groups (broad SMARTS) is 1. The van der Waals surface area contributed by atoms with Crippen LogP contribution in [0.1, 0.15) is 36.2 Å². The standard InChI is InChI=1S/C16H21N3O3/c20-16(21)14-10-12-9-13(11-17-15(12)18-14)22-8-4-7-19-5-2-1-3-6-19/h9-11H,1-8H2,(H,17,18)(H,20,21). The summed E-state index contributed by atoms with van der Waals surface area (Å²) in [4.78, 5) is 20.4. The summed E-state index contributed by atoms with van der Waals surface area (Å²) >= 11 is 0. The fourth-order valence-electron chi connectivity index (χ4n) is 2.85. The number of nitrogens with zero attached hydrogens (tertiary/aromatic N) is 2. The average molecular weight is 303 g/mol. The second kappa shape index (κ2) is 6.79. The second-order valence-corrected chi connectivity index (χ2v) is 5.70. The summed E-state index contributed by atoms with van der Waals surface area (Å²) in [7, 11) is 0. The third-order valence-electron chi connectivity index (χ3n) is 4.01. The highest BCUT2D eigenvalue weighted by atomic mass is 16.5. The highest BCUT2D eigenvalue weighted by molar-refractivity contribution is 5.92. The van der Waals surface area contributed by atoms with Crippen LogP contribution in [0.2, 0.25) is 0 Å². The smallest absolute Gasteiger partial charge is 0.352 e. The summed E-state index contributed by atoms with van der Waals surface area (Å²) in [6, 6.07) is 3.40. The van der Waals surface area contributed by atoms with E-state index in [0.717, 1.165) is 18.4 Å². The van der Waals surface area contributed by atoms with Gasteiger partial charge in [-0.2, -0.15) is 0 Å². The minimum Gasteiger partial charge on any atom is -0.492 e. The Kier molecular flexibility index (Phi) is 4.58. The summed E-state index contributed by atoms with van der Waals surface area (Å²) in [6.45, 7) is 4.13. The monoisotopic (exact) mass is 303 g/mol. The Hall–Kier alpha value is -2.08. The van der Waals surface area contributed by atoms with E-state index >= 15 is 0 Å². The highest BCUT2D eigenvalue weighted by Gasteiger charge is 2.10. The number of aromatic nitrogens is 2. The van der Waals surface area contributed by atoms with E-state index in [-0.39, 0.29) is 5.69 Å². The lowest BCUT2D eigenvalue weighted by Crippen LogP contribution is -2.31. The summed E-state index contributed by atoms with van der Waals surface area (Å²) in [5, 5.41) is 9.71. The quantitative estimate of drug-likeness (QED) is 0.802. The van der Waals surface area contributed by atoms with Crippen LogP contribution in [0.25, 0.3) is 11.0 Å². The number of rotatable bonds is 6. The molecule has 1 aliphatic heterocycles. The zero-order valence-electron chi connectivity index (χ0n) is 12.5. The first-order valence-electron chi connectivity index (χ1n) is 7.79. The minimum absolute atomic E-state index is 0.143. The van der Waals surface area contributed by atoms with Gasteiger partial charge in [0.2, 0.25) is 0 Å². The molecular formula is C16H21N3O3. The number of piperidine rings is 1. The van der Waals surface area contributed by atoms with Crippen LogP contribution in [-0.4, -0.2) is 52.2 Å². The maximum Gasteiger partial charge on any atom is 0.352 e. The van der Waals surface area contributed by atoms with Crippen LogP contribution < -0.4 is 4.74 Å². The zero-order chi connectivity index (χ0) is 15.4. The lowest BCUT2D eigenvalue weighted by molar-refractivity contribution is 0.0691. The number of H-pyrrole nitrogens is 1. The van der Waals surface area contributed by atoms with Crippen molar-refractivity contribution < 1.29 is 14.6 Å². The summed E-state index contributed by atoms with van der Waals surface area (Å²) in [5.41, 5.74) is 0.711. The van der Waals surface area contributed by atoms with E-state index in [1.807, 2.05) is 6.07 Å². The molecule has 6 heteroatoms. The summed E-state index contributed by atoms with van der Waals surface area (Å²) in [6.07, 6.45) is 6.59. The lowest BCUT2D eigenvalue weighted by Gasteiger charge is -2.26. The summed E-state index contributed by atoms with van der Waals surface area (Å²) in [5.74, 6) is -0.302. The van der Waals surface area contributed by atoms with Crippen LogP contribution in [-0.2, 0) is 0 Å². The Morgan fingerprint density at radius 1 is 1.32 bits per heavy atom. The zero-order valence-corrected chi connectivity index (χ0v) is 12.5. The molecule has 0 saturated carbocycles. The number of aromatic amines is 1. The molecule has 2 aromatic rings. The molecule has 0 radical (unpaired) electrons. The van der Waals surface area contributed by atoms with Crippen LogP contribution >= 0.6 is 0 Å². The first kappa shape index (κ1) is 14.8. The van der Waals surface area contributed by atoms with Crippen LogP contribution in [0.5, 0.6) is 5.75 Å². The van der Waals surface area contributed by atoms with E-state index in [9.17, 15) is 4.79 Å². The van der Waals surface area contributed by atoms with Crippen molar-refractivity contribution in [3.05, 3.63) is 24.0 Å². The predicted molar refractivity (Wildman–Crippen MR) is 83.5 cm³/mol. The van der Waals surface area contributed by atoms with Crippen LogP contribution in [0.3, 0.4) is 0 Å². The number of ether oxygens (including phenoxy) is 1. The van der Waals surface area contributed by atoms with Gasteiger partial charge in [0.05, 0.1) is 12.8 Å². The van der Waals surface area contributed by atoms with Crippen molar-refractivity contribution in [1.29, 1.82) is 0 Å². The molecular weight excluding hydrogens is 282 g/mol. The minimum atomic E-state index is -0.984. The van der Waals surface area contributed by atoms with Gasteiger partial charge in [0, 0.05) is 11.9 Å². The van der Waals surface area contributed by atoms with E-state index in [1.165, 1.54) is 32.4 Å². The molecule has 0 unspecified atom stereocenters. The van der Waals surface area contributed by atoms with E-state index in [2.05, 4.69) is 14.9 Å². The van der Waals surface area contributed by atoms with Crippen LogP contribution in [0.15, 0.2) is 18.3 Å².